The van der Waals surface area contributed by atoms with Crippen molar-refractivity contribution in [3.05, 3.63) is 35.1 Å². The van der Waals surface area contributed by atoms with E-state index in [9.17, 15) is 4.39 Å². The van der Waals surface area contributed by atoms with Gasteiger partial charge in [-0.05, 0) is 37.6 Å². The van der Waals surface area contributed by atoms with Gasteiger partial charge in [0.2, 0.25) is 0 Å². The fraction of sp³-hybridized carbons (Fsp3) is 0.462. The highest BCUT2D eigenvalue weighted by Crippen LogP contribution is 2.10. The molecule has 3 nitrogen and oxygen atoms in total. The maximum Gasteiger partial charge on any atom is 0.123 e. The predicted octanol–water partition coefficient (Wildman–Crippen LogP) is 2.21. The summed E-state index contributed by atoms with van der Waals surface area (Å²) in [6, 6.07) is 6.41. The second-order valence-electron chi connectivity index (χ2n) is 3.85. The Morgan fingerprint density at radius 1 is 1.53 bits per heavy atom. The second-order valence-corrected chi connectivity index (χ2v) is 3.85. The molecule has 1 rings (SSSR count). The molecular weight excluding hydrogens is 219 g/mol. The van der Waals surface area contributed by atoms with Crippen molar-refractivity contribution in [1.29, 1.82) is 5.26 Å². The van der Waals surface area contributed by atoms with Gasteiger partial charge < -0.3 is 10.1 Å². The van der Waals surface area contributed by atoms with Gasteiger partial charge in [0, 0.05) is 19.2 Å². The monoisotopic (exact) mass is 236 g/mol. The van der Waals surface area contributed by atoms with E-state index in [4.69, 9.17) is 10.00 Å². The van der Waals surface area contributed by atoms with Crippen molar-refractivity contribution in [2.75, 3.05) is 13.2 Å². The van der Waals surface area contributed by atoms with E-state index in [0.29, 0.717) is 30.9 Å². The summed E-state index contributed by atoms with van der Waals surface area (Å²) in [5, 5.41) is 12.1. The SMILES string of the molecule is CCOCC(C)NCc1cc(F)ccc1C#N. The van der Waals surface area contributed by atoms with Crippen molar-refractivity contribution >= 4 is 0 Å². The lowest BCUT2D eigenvalue weighted by molar-refractivity contribution is 0.127. The van der Waals surface area contributed by atoms with E-state index < -0.39 is 0 Å². The highest BCUT2D eigenvalue weighted by Gasteiger charge is 2.06. The van der Waals surface area contributed by atoms with Gasteiger partial charge in [0.15, 0.2) is 0 Å². The molecule has 1 unspecified atom stereocenters. The number of ether oxygens (including phenoxy) is 1. The molecule has 17 heavy (non-hydrogen) atoms. The lowest BCUT2D eigenvalue weighted by Gasteiger charge is -2.14. The second kappa shape index (κ2) is 7.00. The molecule has 0 heterocycles. The van der Waals surface area contributed by atoms with E-state index in [1.807, 2.05) is 13.8 Å². The van der Waals surface area contributed by atoms with Gasteiger partial charge in [-0.2, -0.15) is 5.26 Å². The van der Waals surface area contributed by atoms with Gasteiger partial charge in [-0.15, -0.1) is 0 Å². The molecule has 0 aliphatic heterocycles. The van der Waals surface area contributed by atoms with Crippen LogP contribution in [0.15, 0.2) is 18.2 Å². The van der Waals surface area contributed by atoms with E-state index in [1.165, 1.54) is 18.2 Å². The van der Waals surface area contributed by atoms with Crippen LogP contribution in [0.1, 0.15) is 25.0 Å². The largest absolute Gasteiger partial charge is 0.380 e. The van der Waals surface area contributed by atoms with Crippen LogP contribution in [0.25, 0.3) is 0 Å². The molecule has 4 heteroatoms. The van der Waals surface area contributed by atoms with Crippen LogP contribution >= 0.6 is 0 Å². The Kier molecular flexibility index (Phi) is 5.61. The highest BCUT2D eigenvalue weighted by atomic mass is 19.1. The van der Waals surface area contributed by atoms with Gasteiger partial charge in [0.25, 0.3) is 0 Å². The van der Waals surface area contributed by atoms with Crippen LogP contribution in [0.5, 0.6) is 0 Å². The van der Waals surface area contributed by atoms with Crippen LogP contribution in [0.3, 0.4) is 0 Å². The summed E-state index contributed by atoms with van der Waals surface area (Å²) in [5.41, 5.74) is 1.18. The summed E-state index contributed by atoms with van der Waals surface area (Å²) in [7, 11) is 0. The smallest absolute Gasteiger partial charge is 0.123 e. The number of hydrogen-bond donors (Lipinski definition) is 1. The van der Waals surface area contributed by atoms with Crippen LogP contribution in [0.2, 0.25) is 0 Å². The molecule has 0 saturated heterocycles. The topological polar surface area (TPSA) is 45.0 Å². The van der Waals surface area contributed by atoms with Crippen LogP contribution in [0, 0.1) is 17.1 Å². The molecule has 0 spiro atoms. The Balaban J connectivity index is 2.56. The Labute approximate surface area is 101 Å². The van der Waals surface area contributed by atoms with Gasteiger partial charge >= 0.3 is 0 Å². The molecule has 0 aromatic heterocycles. The van der Waals surface area contributed by atoms with Gasteiger partial charge in [-0.1, -0.05) is 0 Å². The summed E-state index contributed by atoms with van der Waals surface area (Å²) < 4.78 is 18.3. The molecule has 0 amide bonds. The average molecular weight is 236 g/mol. The molecule has 1 N–H and O–H groups in total. The number of nitriles is 1. The zero-order valence-electron chi connectivity index (χ0n) is 10.2. The first kappa shape index (κ1) is 13.6. The van der Waals surface area contributed by atoms with E-state index in [0.717, 1.165) is 0 Å². The Morgan fingerprint density at radius 3 is 2.94 bits per heavy atom. The molecule has 0 radical (unpaired) electrons. The molecule has 0 saturated carbocycles. The summed E-state index contributed by atoms with van der Waals surface area (Å²) in [5.74, 6) is -0.321. The van der Waals surface area contributed by atoms with E-state index in [-0.39, 0.29) is 11.9 Å². The minimum absolute atomic E-state index is 0.171. The van der Waals surface area contributed by atoms with Crippen molar-refractivity contribution in [3.8, 4) is 6.07 Å². The zero-order chi connectivity index (χ0) is 12.7. The molecule has 0 fully saturated rings. The molecule has 1 aromatic rings. The highest BCUT2D eigenvalue weighted by molar-refractivity contribution is 5.37. The number of rotatable bonds is 6. The van der Waals surface area contributed by atoms with Gasteiger partial charge in [-0.25, -0.2) is 4.39 Å². The zero-order valence-corrected chi connectivity index (χ0v) is 10.2. The quantitative estimate of drug-likeness (QED) is 0.823. The van der Waals surface area contributed by atoms with Crippen molar-refractivity contribution in [1.82, 2.24) is 5.32 Å². The minimum Gasteiger partial charge on any atom is -0.380 e. The Bertz CT molecular complexity index is 401. The third kappa shape index (κ3) is 4.51. The van der Waals surface area contributed by atoms with E-state index in [2.05, 4.69) is 11.4 Å². The normalized spacial score (nSPS) is 12.1. The number of hydrogen-bond acceptors (Lipinski definition) is 3. The maximum absolute atomic E-state index is 13.0. The van der Waals surface area contributed by atoms with Crippen molar-refractivity contribution < 1.29 is 9.13 Å². The van der Waals surface area contributed by atoms with Gasteiger partial charge in [0.1, 0.15) is 5.82 Å². The Hall–Kier alpha value is -1.44. The van der Waals surface area contributed by atoms with Crippen LogP contribution < -0.4 is 5.32 Å². The van der Waals surface area contributed by atoms with E-state index >= 15 is 0 Å². The molecule has 0 bridgehead atoms. The van der Waals surface area contributed by atoms with Crippen molar-refractivity contribution in [3.63, 3.8) is 0 Å². The first-order chi connectivity index (χ1) is 8.17. The number of nitrogens with zero attached hydrogens (tertiary/aromatic N) is 1. The molecule has 1 aromatic carbocycles. The lowest BCUT2D eigenvalue weighted by Crippen LogP contribution is -2.30. The summed E-state index contributed by atoms with van der Waals surface area (Å²) >= 11 is 0. The van der Waals surface area contributed by atoms with Crippen molar-refractivity contribution in [2.24, 2.45) is 0 Å². The number of halogens is 1. The standard InChI is InChI=1S/C13H17FN2O/c1-3-17-9-10(2)16-8-12-6-13(14)5-4-11(12)7-15/h4-6,10,16H,3,8-9H2,1-2H3. The lowest BCUT2D eigenvalue weighted by atomic mass is 10.1. The predicted molar refractivity (Wildman–Crippen MR) is 63.9 cm³/mol. The van der Waals surface area contributed by atoms with Crippen LogP contribution in [0.4, 0.5) is 4.39 Å². The number of nitrogens with one attached hydrogen (secondary N) is 1. The summed E-state index contributed by atoms with van der Waals surface area (Å²) in [6.07, 6.45) is 0. The van der Waals surface area contributed by atoms with Gasteiger partial charge in [0.05, 0.1) is 18.2 Å². The molecule has 1 atom stereocenters. The minimum atomic E-state index is -0.321. The summed E-state index contributed by atoms with van der Waals surface area (Å²) in [6.45, 7) is 5.67. The third-order valence-corrected chi connectivity index (χ3v) is 2.40. The first-order valence-corrected chi connectivity index (χ1v) is 5.67. The fourth-order valence-corrected chi connectivity index (χ4v) is 1.46. The maximum atomic E-state index is 13.0. The number of benzene rings is 1. The molecule has 92 valence electrons. The summed E-state index contributed by atoms with van der Waals surface area (Å²) in [4.78, 5) is 0. The van der Waals surface area contributed by atoms with Crippen LogP contribution in [-0.2, 0) is 11.3 Å². The Morgan fingerprint density at radius 2 is 2.29 bits per heavy atom. The van der Waals surface area contributed by atoms with Gasteiger partial charge in [-0.3, -0.25) is 0 Å². The molecular formula is C13H17FN2O. The van der Waals surface area contributed by atoms with Crippen LogP contribution in [-0.4, -0.2) is 19.3 Å². The average Bonchev–Trinajstić information content (AvgIpc) is 2.34. The first-order valence-electron chi connectivity index (χ1n) is 5.67. The third-order valence-electron chi connectivity index (χ3n) is 2.40. The molecule has 0 aliphatic carbocycles. The van der Waals surface area contributed by atoms with Crippen molar-refractivity contribution in [2.45, 2.75) is 26.4 Å². The fourth-order valence-electron chi connectivity index (χ4n) is 1.46. The molecule has 0 aliphatic rings. The van der Waals surface area contributed by atoms with E-state index in [1.54, 1.807) is 0 Å².